The smallest absolute Gasteiger partial charge is 1.00 e. The fourth-order valence-corrected chi connectivity index (χ4v) is 5.15. The zero-order valence-electron chi connectivity index (χ0n) is 25.5. The summed E-state index contributed by atoms with van der Waals surface area (Å²) < 4.78 is 34.5. The zero-order valence-corrected chi connectivity index (χ0v) is 25.5. The maximum Gasteiger partial charge on any atom is 1.00 e. The normalized spacial score (nSPS) is 11.0. The van der Waals surface area contributed by atoms with Crippen molar-refractivity contribution in [2.24, 2.45) is 0 Å². The van der Waals surface area contributed by atoms with E-state index in [0.29, 0.717) is 82.0 Å². The van der Waals surface area contributed by atoms with Crippen LogP contribution in [0.15, 0.2) is 18.2 Å². The van der Waals surface area contributed by atoms with Crippen LogP contribution in [0.25, 0.3) is 0 Å². The summed E-state index contributed by atoms with van der Waals surface area (Å²) in [5.41, 5.74) is 5.13. The Labute approximate surface area is 243 Å². The van der Waals surface area contributed by atoms with Crippen molar-refractivity contribution in [3.05, 3.63) is 46.0 Å². The second kappa shape index (κ2) is 18.7. The number of benzene rings is 2. The van der Waals surface area contributed by atoms with Gasteiger partial charge in [0.2, 0.25) is 0 Å². The van der Waals surface area contributed by atoms with Crippen LogP contribution < -0.4 is 38.4 Å². The SMILES string of the molecule is CCOCCOc1cc(OCCOCC)c(PC(=O)c2c(C)cc(C)c(C)c2C)c(OCCOCC)c1.[H-].[Li+]. The molecule has 2 aromatic rings. The van der Waals surface area contributed by atoms with Gasteiger partial charge in [0.15, 0.2) is 5.52 Å². The van der Waals surface area contributed by atoms with Crippen LogP contribution in [0.1, 0.15) is 54.8 Å². The second-order valence-electron chi connectivity index (χ2n) is 8.52. The number of ether oxygens (including phenoxy) is 6. The first kappa shape index (κ1) is 34.4. The van der Waals surface area contributed by atoms with Crippen molar-refractivity contribution in [3.8, 4) is 17.2 Å². The van der Waals surface area contributed by atoms with Crippen LogP contribution in [0.3, 0.4) is 0 Å². The van der Waals surface area contributed by atoms with E-state index in [1.54, 1.807) is 0 Å². The first-order chi connectivity index (χ1) is 17.8. The molecule has 0 bridgehead atoms. The average Bonchev–Trinajstić information content (AvgIpc) is 2.87. The molecule has 0 amide bonds. The minimum absolute atomic E-state index is 0. The number of hydrogen-bond donors (Lipinski definition) is 0. The first-order valence-corrected chi connectivity index (χ1v) is 14.0. The Bertz CT molecular complexity index is 987. The molecule has 0 aliphatic rings. The van der Waals surface area contributed by atoms with Crippen LogP contribution >= 0.6 is 8.58 Å². The van der Waals surface area contributed by atoms with Crippen LogP contribution in [0.5, 0.6) is 17.2 Å². The van der Waals surface area contributed by atoms with E-state index >= 15 is 0 Å². The maximum absolute atomic E-state index is 13.7. The van der Waals surface area contributed by atoms with Gasteiger partial charge in [-0.05, 0) is 79.3 Å². The van der Waals surface area contributed by atoms with Gasteiger partial charge in [0.05, 0.1) is 25.1 Å². The molecule has 0 aromatic heterocycles. The predicted molar refractivity (Wildman–Crippen MR) is 151 cm³/mol. The van der Waals surface area contributed by atoms with Gasteiger partial charge in [-0.3, -0.25) is 4.79 Å². The molecular formula is C29H44LiO7P. The summed E-state index contributed by atoms with van der Waals surface area (Å²) in [6.07, 6.45) is 0. The van der Waals surface area contributed by atoms with Crippen molar-refractivity contribution >= 4 is 19.4 Å². The topological polar surface area (TPSA) is 72.5 Å². The third-order valence-corrected chi connectivity index (χ3v) is 7.16. The number of rotatable bonds is 18. The standard InChI is InChI=1S/C29H43O7P.Li.H/c1-8-31-11-14-34-24-18-25(35-15-12-32-9-2)28(26(19-24)36-16-13-33-10-3)37-29(30)27-21(5)17-20(4)22(6)23(27)7;;/h17-19,37H,8-16H2,1-7H3;;/q;+1;-1. The molecule has 1 atom stereocenters. The monoisotopic (exact) mass is 542 g/mol. The fourth-order valence-electron chi connectivity index (χ4n) is 3.88. The van der Waals surface area contributed by atoms with Gasteiger partial charge in [-0.2, -0.15) is 0 Å². The van der Waals surface area contributed by atoms with Crippen LogP contribution in [0, 0.1) is 27.7 Å². The summed E-state index contributed by atoms with van der Waals surface area (Å²) >= 11 is 0. The van der Waals surface area contributed by atoms with E-state index in [0.717, 1.165) is 22.3 Å². The van der Waals surface area contributed by atoms with Gasteiger partial charge in [0.25, 0.3) is 0 Å². The molecule has 2 aromatic carbocycles. The van der Waals surface area contributed by atoms with Gasteiger partial charge in [0.1, 0.15) is 37.1 Å². The molecule has 0 saturated carbocycles. The van der Waals surface area contributed by atoms with Crippen molar-refractivity contribution in [1.29, 1.82) is 0 Å². The number of carbonyl (C=O) groups excluding carboxylic acids is 1. The van der Waals surface area contributed by atoms with Gasteiger partial charge in [0, 0.05) is 37.5 Å². The van der Waals surface area contributed by atoms with E-state index in [1.165, 1.54) is 5.56 Å². The van der Waals surface area contributed by atoms with Gasteiger partial charge >= 0.3 is 18.9 Å². The Morgan fingerprint density at radius 1 is 0.684 bits per heavy atom. The molecule has 2 rings (SSSR count). The van der Waals surface area contributed by atoms with Gasteiger partial charge < -0.3 is 29.8 Å². The van der Waals surface area contributed by atoms with Crippen molar-refractivity contribution < 1.29 is 53.5 Å². The van der Waals surface area contributed by atoms with Crippen LogP contribution in [0.4, 0.5) is 0 Å². The fraction of sp³-hybridized carbons (Fsp3) is 0.552. The molecular weight excluding hydrogens is 498 g/mol. The molecule has 0 N–H and O–H groups in total. The molecule has 0 aliphatic heterocycles. The minimum atomic E-state index is -0.188. The molecule has 0 fully saturated rings. The molecule has 7 nitrogen and oxygen atoms in total. The molecule has 1 unspecified atom stereocenters. The molecule has 0 saturated heterocycles. The Morgan fingerprint density at radius 2 is 1.16 bits per heavy atom. The van der Waals surface area contributed by atoms with E-state index in [4.69, 9.17) is 28.4 Å². The Morgan fingerprint density at radius 3 is 1.63 bits per heavy atom. The van der Waals surface area contributed by atoms with E-state index < -0.39 is 0 Å². The Kier molecular flexibility index (Phi) is 16.9. The number of aryl methyl sites for hydroxylation is 2. The molecule has 0 spiro atoms. The van der Waals surface area contributed by atoms with Crippen LogP contribution in [-0.4, -0.2) is 65.0 Å². The van der Waals surface area contributed by atoms with Gasteiger partial charge in [-0.15, -0.1) is 0 Å². The first-order valence-electron chi connectivity index (χ1n) is 13.0. The summed E-state index contributed by atoms with van der Waals surface area (Å²) in [5.74, 6) is 1.72. The van der Waals surface area contributed by atoms with Crippen molar-refractivity contribution in [2.45, 2.75) is 48.5 Å². The third-order valence-electron chi connectivity index (χ3n) is 5.94. The third kappa shape index (κ3) is 10.5. The van der Waals surface area contributed by atoms with Crippen molar-refractivity contribution in [1.82, 2.24) is 0 Å². The van der Waals surface area contributed by atoms with Crippen LogP contribution in [0.2, 0.25) is 0 Å². The zero-order chi connectivity index (χ0) is 27.2. The second-order valence-corrected chi connectivity index (χ2v) is 9.72. The minimum Gasteiger partial charge on any atom is -1.00 e. The molecule has 0 aliphatic carbocycles. The van der Waals surface area contributed by atoms with E-state index in [2.05, 4.69) is 19.9 Å². The molecule has 0 radical (unpaired) electrons. The van der Waals surface area contributed by atoms with Crippen molar-refractivity contribution in [3.63, 3.8) is 0 Å². The maximum atomic E-state index is 13.7. The molecule has 0 heterocycles. The van der Waals surface area contributed by atoms with E-state index in [1.807, 2.05) is 46.8 Å². The number of hydrogen-bond acceptors (Lipinski definition) is 7. The summed E-state index contributed by atoms with van der Waals surface area (Å²) in [7, 11) is -0.188. The Hall–Kier alpha value is -1.58. The predicted octanol–water partition coefficient (Wildman–Crippen LogP) is 2.43. The molecule has 38 heavy (non-hydrogen) atoms. The Balaban J connectivity index is 0.00000722. The summed E-state index contributed by atoms with van der Waals surface area (Å²) in [4.78, 5) is 13.7. The van der Waals surface area contributed by atoms with Crippen molar-refractivity contribution in [2.75, 3.05) is 59.5 Å². The number of carbonyl (C=O) groups is 1. The molecule has 208 valence electrons. The van der Waals surface area contributed by atoms with E-state index in [-0.39, 0.29) is 34.4 Å². The largest absolute Gasteiger partial charge is 1.00 e. The quantitative estimate of drug-likeness (QED) is 0.163. The molecule has 9 heteroatoms. The summed E-state index contributed by atoms with van der Waals surface area (Å²) in [5, 5.41) is 0.715. The van der Waals surface area contributed by atoms with E-state index in [9.17, 15) is 4.79 Å². The average molecular weight is 543 g/mol. The summed E-state index contributed by atoms with van der Waals surface area (Å²) in [6, 6.07) is 5.72. The van der Waals surface area contributed by atoms with Crippen LogP contribution in [-0.2, 0) is 14.2 Å². The van der Waals surface area contributed by atoms with Gasteiger partial charge in [-0.25, -0.2) is 0 Å². The van der Waals surface area contributed by atoms with Gasteiger partial charge in [-0.1, -0.05) is 6.07 Å². The summed E-state index contributed by atoms with van der Waals surface area (Å²) in [6.45, 7) is 18.3.